The minimum atomic E-state index is -0.531. The van der Waals surface area contributed by atoms with Crippen LogP contribution in [0.5, 0.6) is 0 Å². The van der Waals surface area contributed by atoms with E-state index in [4.69, 9.17) is 0 Å². The molecule has 1 heterocycles. The lowest BCUT2D eigenvalue weighted by Crippen LogP contribution is -1.97. The number of hydrogen-bond acceptors (Lipinski definition) is 4. The molecule has 1 aromatic heterocycles. The van der Waals surface area contributed by atoms with Gasteiger partial charge in [0.05, 0.1) is 5.69 Å². The molecule has 2 aromatic rings. The van der Waals surface area contributed by atoms with E-state index < -0.39 is 5.82 Å². The predicted molar refractivity (Wildman–Crippen MR) is 49.1 cm³/mol. The third-order valence-electron chi connectivity index (χ3n) is 1.77. The summed E-state index contributed by atoms with van der Waals surface area (Å²) in [5, 5.41) is 3.78. The largest absolute Gasteiger partial charge is 0.240 e. The van der Waals surface area contributed by atoms with Gasteiger partial charge < -0.3 is 0 Å². The van der Waals surface area contributed by atoms with Gasteiger partial charge >= 0.3 is 0 Å². The molecule has 0 saturated carbocycles. The molecular weight excluding hydrogens is 199 g/mol. The highest BCUT2D eigenvalue weighted by Crippen LogP contribution is 2.18. The maximum Gasteiger partial charge on any atom is 0.240 e. The molecule has 0 unspecified atom stereocenters. The van der Waals surface area contributed by atoms with Crippen LogP contribution >= 0.6 is 0 Å². The Morgan fingerprint density at radius 3 is 2.93 bits per heavy atom. The normalized spacial score (nSPS) is 9.67. The van der Waals surface area contributed by atoms with Crippen LogP contribution in [-0.4, -0.2) is 20.8 Å². The van der Waals surface area contributed by atoms with Crippen LogP contribution in [0, 0.1) is 5.82 Å². The van der Waals surface area contributed by atoms with Gasteiger partial charge in [0, 0.05) is 6.07 Å². The number of isocyanates is 1. The van der Waals surface area contributed by atoms with Crippen LogP contribution in [0.1, 0.15) is 0 Å². The predicted octanol–water partition coefficient (Wildman–Crippen LogP) is 1.37. The molecule has 15 heavy (non-hydrogen) atoms. The number of halogens is 1. The average Bonchev–Trinajstić information content (AvgIpc) is 2.71. The third kappa shape index (κ3) is 1.79. The summed E-state index contributed by atoms with van der Waals surface area (Å²) in [6, 6.07) is 4.08. The summed E-state index contributed by atoms with van der Waals surface area (Å²) in [7, 11) is 0. The molecule has 5 nitrogen and oxygen atoms in total. The molecule has 0 saturated heterocycles. The molecule has 1 aromatic carbocycles. The van der Waals surface area contributed by atoms with E-state index in [9.17, 15) is 9.18 Å². The molecule has 0 atom stereocenters. The molecule has 2 rings (SSSR count). The molecule has 0 spiro atoms. The van der Waals surface area contributed by atoms with Crippen LogP contribution in [-0.2, 0) is 4.79 Å². The number of hydrogen-bond donors (Lipinski definition) is 0. The Morgan fingerprint density at radius 2 is 2.33 bits per heavy atom. The molecule has 0 radical (unpaired) electrons. The van der Waals surface area contributed by atoms with Crippen molar-refractivity contribution in [1.82, 2.24) is 14.8 Å². The van der Waals surface area contributed by atoms with Crippen molar-refractivity contribution in [2.75, 3.05) is 0 Å². The lowest BCUT2D eigenvalue weighted by molar-refractivity contribution is 0.565. The molecule has 0 N–H and O–H groups in total. The number of aliphatic imine (C=N–C) groups is 1. The van der Waals surface area contributed by atoms with E-state index in [1.807, 2.05) is 0 Å². The molecule has 74 valence electrons. The van der Waals surface area contributed by atoms with Crippen molar-refractivity contribution in [3.8, 4) is 5.69 Å². The smallest absolute Gasteiger partial charge is 0.223 e. The van der Waals surface area contributed by atoms with Gasteiger partial charge in [0.1, 0.15) is 18.3 Å². The zero-order valence-electron chi connectivity index (χ0n) is 7.46. The molecule has 6 heteroatoms. The maximum atomic E-state index is 13.5. The first-order valence-corrected chi connectivity index (χ1v) is 4.03. The van der Waals surface area contributed by atoms with Crippen LogP contribution < -0.4 is 0 Å². The Hall–Kier alpha value is -2.33. The van der Waals surface area contributed by atoms with Crippen molar-refractivity contribution >= 4 is 11.8 Å². The Kier molecular flexibility index (Phi) is 2.35. The molecule has 0 aliphatic rings. The van der Waals surface area contributed by atoms with E-state index in [2.05, 4.69) is 15.1 Å². The van der Waals surface area contributed by atoms with Crippen LogP contribution in [0.25, 0.3) is 5.69 Å². The molecule has 0 fully saturated rings. The number of aromatic nitrogens is 3. The summed E-state index contributed by atoms with van der Waals surface area (Å²) in [6.07, 6.45) is 4.02. The second-order valence-corrected chi connectivity index (χ2v) is 2.68. The average molecular weight is 204 g/mol. The van der Waals surface area contributed by atoms with Crippen molar-refractivity contribution in [2.24, 2.45) is 4.99 Å². The monoisotopic (exact) mass is 204 g/mol. The Morgan fingerprint density at radius 1 is 1.47 bits per heavy atom. The highest BCUT2D eigenvalue weighted by molar-refractivity contribution is 5.51. The minimum absolute atomic E-state index is 0.214. The van der Waals surface area contributed by atoms with Crippen LogP contribution in [0.2, 0.25) is 0 Å². The first kappa shape index (κ1) is 9.23. The van der Waals surface area contributed by atoms with Gasteiger partial charge in [0.25, 0.3) is 0 Å². The summed E-state index contributed by atoms with van der Waals surface area (Å²) < 4.78 is 14.7. The van der Waals surface area contributed by atoms with E-state index in [1.165, 1.54) is 35.5 Å². The topological polar surface area (TPSA) is 60.1 Å². The zero-order valence-corrected chi connectivity index (χ0v) is 7.46. The lowest BCUT2D eigenvalue weighted by atomic mass is 10.3. The fraction of sp³-hybridized carbons (Fsp3) is 0. The fourth-order valence-electron chi connectivity index (χ4n) is 1.14. The third-order valence-corrected chi connectivity index (χ3v) is 1.77. The Bertz CT molecular complexity index is 517. The molecule has 0 amide bonds. The summed E-state index contributed by atoms with van der Waals surface area (Å²) >= 11 is 0. The van der Waals surface area contributed by atoms with E-state index in [1.54, 1.807) is 0 Å². The molecule has 0 aliphatic carbocycles. The van der Waals surface area contributed by atoms with E-state index in [-0.39, 0.29) is 11.4 Å². The Balaban J connectivity index is 2.48. The van der Waals surface area contributed by atoms with Gasteiger partial charge in [-0.15, -0.1) is 0 Å². The quantitative estimate of drug-likeness (QED) is 0.548. The summed E-state index contributed by atoms with van der Waals surface area (Å²) in [4.78, 5) is 17.0. The van der Waals surface area contributed by atoms with Gasteiger partial charge in [-0.2, -0.15) is 10.1 Å². The zero-order chi connectivity index (χ0) is 10.7. The Labute approximate surface area is 83.9 Å². The number of benzene rings is 1. The number of rotatable bonds is 2. The van der Waals surface area contributed by atoms with Gasteiger partial charge in [-0.1, -0.05) is 0 Å². The van der Waals surface area contributed by atoms with Crippen molar-refractivity contribution in [3.63, 3.8) is 0 Å². The highest BCUT2D eigenvalue weighted by Gasteiger charge is 2.05. The van der Waals surface area contributed by atoms with Gasteiger partial charge in [-0.05, 0) is 12.1 Å². The molecule has 0 bridgehead atoms. The van der Waals surface area contributed by atoms with E-state index in [0.717, 1.165) is 6.07 Å². The van der Waals surface area contributed by atoms with Crippen LogP contribution in [0.4, 0.5) is 10.1 Å². The fourth-order valence-corrected chi connectivity index (χ4v) is 1.14. The number of carbonyl (C=O) groups excluding carboxylic acids is 1. The summed E-state index contributed by atoms with van der Waals surface area (Å²) in [5.74, 6) is -0.531. The summed E-state index contributed by atoms with van der Waals surface area (Å²) in [5.41, 5.74) is 0.462. The molecular formula is C9H5FN4O. The van der Waals surface area contributed by atoms with Gasteiger partial charge in [0.15, 0.2) is 5.82 Å². The SMILES string of the molecule is O=C=Nc1ccc(-n2cncn2)c(F)c1. The van der Waals surface area contributed by atoms with Crippen molar-refractivity contribution < 1.29 is 9.18 Å². The molecule has 0 aliphatic heterocycles. The first-order chi connectivity index (χ1) is 7.31. The first-order valence-electron chi connectivity index (χ1n) is 4.03. The van der Waals surface area contributed by atoms with Crippen molar-refractivity contribution in [1.29, 1.82) is 0 Å². The maximum absolute atomic E-state index is 13.5. The van der Waals surface area contributed by atoms with Gasteiger partial charge in [0.2, 0.25) is 6.08 Å². The van der Waals surface area contributed by atoms with Gasteiger partial charge in [-0.25, -0.2) is 18.9 Å². The second kappa shape index (κ2) is 3.81. The summed E-state index contributed by atoms with van der Waals surface area (Å²) in [6.45, 7) is 0. The number of nitrogens with zero attached hydrogens (tertiary/aromatic N) is 4. The lowest BCUT2D eigenvalue weighted by Gasteiger charge is -2.01. The van der Waals surface area contributed by atoms with Crippen molar-refractivity contribution in [2.45, 2.75) is 0 Å². The van der Waals surface area contributed by atoms with Crippen LogP contribution in [0.3, 0.4) is 0 Å². The van der Waals surface area contributed by atoms with E-state index >= 15 is 0 Å². The van der Waals surface area contributed by atoms with E-state index in [0.29, 0.717) is 0 Å². The van der Waals surface area contributed by atoms with Crippen molar-refractivity contribution in [3.05, 3.63) is 36.7 Å². The van der Waals surface area contributed by atoms with Gasteiger partial charge in [-0.3, -0.25) is 0 Å². The van der Waals surface area contributed by atoms with Crippen LogP contribution in [0.15, 0.2) is 35.8 Å². The second-order valence-electron chi connectivity index (χ2n) is 2.68. The standard InChI is InChI=1S/C9H5FN4O/c10-8-3-7(12-6-15)1-2-9(8)14-5-11-4-13-14/h1-5H. The highest BCUT2D eigenvalue weighted by atomic mass is 19.1. The minimum Gasteiger partial charge on any atom is -0.223 e.